The van der Waals surface area contributed by atoms with E-state index in [1.165, 1.54) is 0 Å². The fourth-order valence-electron chi connectivity index (χ4n) is 0.823. The molecule has 0 bridgehead atoms. The van der Waals surface area contributed by atoms with Gasteiger partial charge in [0.15, 0.2) is 0 Å². The van der Waals surface area contributed by atoms with E-state index >= 15 is 0 Å². The lowest BCUT2D eigenvalue weighted by Gasteiger charge is -2.02. The van der Waals surface area contributed by atoms with Crippen molar-refractivity contribution in [3.8, 4) is 0 Å². The molecule has 1 heterocycles. The zero-order valence-corrected chi connectivity index (χ0v) is 10.0. The third kappa shape index (κ3) is 4.61. The summed E-state index contributed by atoms with van der Waals surface area (Å²) in [4.78, 5) is 8.23. The van der Waals surface area contributed by atoms with Gasteiger partial charge in [-0.3, -0.25) is 0 Å². The van der Waals surface area contributed by atoms with E-state index in [1.807, 2.05) is 0 Å². The van der Waals surface area contributed by atoms with Crippen LogP contribution in [-0.2, 0) is 0 Å². The molecule has 0 aliphatic rings. The lowest BCUT2D eigenvalue weighted by atomic mass is 10.3. The third-order valence-corrected chi connectivity index (χ3v) is 2.29. The number of hydrogen-bond acceptors (Lipinski definition) is 3. The number of alkyl halides is 1. The van der Waals surface area contributed by atoms with Crippen LogP contribution in [0, 0.1) is 3.57 Å². The topological polar surface area (TPSA) is 37.8 Å². The van der Waals surface area contributed by atoms with Gasteiger partial charge in [0.05, 0.1) is 0 Å². The SMILES string of the molecule is ClCCCCNc1ncc(I)cn1. The second-order valence-corrected chi connectivity index (χ2v) is 4.17. The van der Waals surface area contributed by atoms with Crippen LogP contribution in [0.3, 0.4) is 0 Å². The normalized spacial score (nSPS) is 10.0. The molecule has 0 fully saturated rings. The van der Waals surface area contributed by atoms with Gasteiger partial charge in [0.25, 0.3) is 0 Å². The van der Waals surface area contributed by atoms with E-state index < -0.39 is 0 Å². The van der Waals surface area contributed by atoms with Gasteiger partial charge in [-0.25, -0.2) is 9.97 Å². The number of unbranched alkanes of at least 4 members (excludes halogenated alkanes) is 1. The minimum Gasteiger partial charge on any atom is -0.354 e. The van der Waals surface area contributed by atoms with Gasteiger partial charge >= 0.3 is 0 Å². The number of nitrogens with one attached hydrogen (secondary N) is 1. The monoisotopic (exact) mass is 311 g/mol. The molecule has 3 nitrogen and oxygen atoms in total. The molecule has 0 aliphatic heterocycles. The van der Waals surface area contributed by atoms with E-state index in [9.17, 15) is 0 Å². The van der Waals surface area contributed by atoms with Crippen molar-refractivity contribution in [2.75, 3.05) is 17.7 Å². The molecule has 0 saturated heterocycles. The van der Waals surface area contributed by atoms with E-state index in [0.717, 1.165) is 28.8 Å². The zero-order valence-electron chi connectivity index (χ0n) is 7.13. The minimum absolute atomic E-state index is 0.690. The standard InChI is InChI=1S/C8H11ClIN3/c9-3-1-2-4-11-8-12-5-7(10)6-13-8/h5-6H,1-4H2,(H,11,12,13). The first kappa shape index (κ1) is 11.0. The molecule has 0 unspecified atom stereocenters. The first-order chi connectivity index (χ1) is 6.33. The van der Waals surface area contributed by atoms with Crippen molar-refractivity contribution in [2.24, 2.45) is 0 Å². The molecule has 1 aromatic rings. The molecule has 1 N–H and O–H groups in total. The van der Waals surface area contributed by atoms with Crippen LogP contribution in [0.2, 0.25) is 0 Å². The van der Waals surface area contributed by atoms with E-state index in [-0.39, 0.29) is 0 Å². The van der Waals surface area contributed by atoms with Crippen LogP contribution in [0.4, 0.5) is 5.95 Å². The minimum atomic E-state index is 0.690. The number of nitrogens with zero attached hydrogens (tertiary/aromatic N) is 2. The molecule has 0 aromatic carbocycles. The van der Waals surface area contributed by atoms with Crippen molar-refractivity contribution in [2.45, 2.75) is 12.8 Å². The van der Waals surface area contributed by atoms with E-state index in [1.54, 1.807) is 12.4 Å². The largest absolute Gasteiger partial charge is 0.354 e. The molecule has 0 spiro atoms. The summed E-state index contributed by atoms with van der Waals surface area (Å²) in [5.41, 5.74) is 0. The average Bonchev–Trinajstić information content (AvgIpc) is 2.15. The van der Waals surface area contributed by atoms with Gasteiger partial charge in [-0.1, -0.05) is 0 Å². The predicted molar refractivity (Wildman–Crippen MR) is 63.2 cm³/mol. The highest BCUT2D eigenvalue weighted by atomic mass is 127. The lowest BCUT2D eigenvalue weighted by Crippen LogP contribution is -2.05. The summed E-state index contributed by atoms with van der Waals surface area (Å²) < 4.78 is 1.05. The Morgan fingerprint density at radius 2 is 2.00 bits per heavy atom. The summed E-state index contributed by atoms with van der Waals surface area (Å²) in [6, 6.07) is 0. The van der Waals surface area contributed by atoms with E-state index in [4.69, 9.17) is 11.6 Å². The molecule has 0 radical (unpaired) electrons. The molecule has 0 aliphatic carbocycles. The van der Waals surface area contributed by atoms with Crippen LogP contribution < -0.4 is 5.32 Å². The third-order valence-electron chi connectivity index (χ3n) is 1.46. The van der Waals surface area contributed by atoms with Crippen molar-refractivity contribution in [1.29, 1.82) is 0 Å². The number of halogens is 2. The molecule has 1 rings (SSSR count). The molecule has 13 heavy (non-hydrogen) atoms. The predicted octanol–water partition coefficient (Wildman–Crippen LogP) is 2.51. The fourth-order valence-corrected chi connectivity index (χ4v) is 1.29. The zero-order chi connectivity index (χ0) is 9.52. The Bertz CT molecular complexity index is 240. The van der Waals surface area contributed by atoms with Crippen molar-refractivity contribution in [3.05, 3.63) is 16.0 Å². The molecular formula is C8H11ClIN3. The Morgan fingerprint density at radius 1 is 1.31 bits per heavy atom. The summed E-state index contributed by atoms with van der Waals surface area (Å²) in [5.74, 6) is 1.41. The molecule has 0 amide bonds. The van der Waals surface area contributed by atoms with Crippen LogP contribution in [0.5, 0.6) is 0 Å². The number of hydrogen-bond donors (Lipinski definition) is 1. The first-order valence-corrected chi connectivity index (χ1v) is 5.71. The van der Waals surface area contributed by atoms with Crippen LogP contribution in [0.1, 0.15) is 12.8 Å². The molecule has 1 aromatic heterocycles. The molecule has 0 atom stereocenters. The number of rotatable bonds is 5. The van der Waals surface area contributed by atoms with E-state index in [2.05, 4.69) is 37.9 Å². The van der Waals surface area contributed by atoms with E-state index in [0.29, 0.717) is 5.95 Å². The Kier molecular flexibility index (Phi) is 5.38. The maximum Gasteiger partial charge on any atom is 0.222 e. The van der Waals surface area contributed by atoms with Gasteiger partial charge in [-0.15, -0.1) is 11.6 Å². The Morgan fingerprint density at radius 3 is 2.62 bits per heavy atom. The summed E-state index contributed by atoms with van der Waals surface area (Å²) in [7, 11) is 0. The molecular weight excluding hydrogens is 300 g/mol. The molecule has 5 heteroatoms. The Labute approximate surface area is 96.4 Å². The first-order valence-electron chi connectivity index (χ1n) is 4.10. The number of anilines is 1. The summed E-state index contributed by atoms with van der Waals surface area (Å²) in [6.07, 6.45) is 5.66. The average molecular weight is 312 g/mol. The molecule has 0 saturated carbocycles. The highest BCUT2D eigenvalue weighted by molar-refractivity contribution is 14.1. The second-order valence-electron chi connectivity index (χ2n) is 2.55. The van der Waals surface area contributed by atoms with Crippen LogP contribution >= 0.6 is 34.2 Å². The lowest BCUT2D eigenvalue weighted by molar-refractivity contribution is 0.831. The van der Waals surface area contributed by atoms with Crippen LogP contribution in [-0.4, -0.2) is 22.4 Å². The highest BCUT2D eigenvalue weighted by Crippen LogP contribution is 2.02. The van der Waals surface area contributed by atoms with Crippen molar-refractivity contribution in [1.82, 2.24) is 9.97 Å². The van der Waals surface area contributed by atoms with Crippen molar-refractivity contribution >= 4 is 40.1 Å². The maximum absolute atomic E-state index is 5.54. The van der Waals surface area contributed by atoms with Crippen LogP contribution in [0.25, 0.3) is 0 Å². The quantitative estimate of drug-likeness (QED) is 0.516. The second kappa shape index (κ2) is 6.37. The Balaban J connectivity index is 2.25. The smallest absolute Gasteiger partial charge is 0.222 e. The van der Waals surface area contributed by atoms with Gasteiger partial charge in [-0.2, -0.15) is 0 Å². The van der Waals surface area contributed by atoms with Gasteiger partial charge in [0.2, 0.25) is 5.95 Å². The summed E-state index contributed by atoms with van der Waals surface area (Å²) in [6.45, 7) is 0.882. The number of aromatic nitrogens is 2. The van der Waals surface area contributed by atoms with Crippen molar-refractivity contribution < 1.29 is 0 Å². The van der Waals surface area contributed by atoms with Gasteiger partial charge in [0.1, 0.15) is 0 Å². The molecule has 72 valence electrons. The van der Waals surface area contributed by atoms with Crippen molar-refractivity contribution in [3.63, 3.8) is 0 Å². The van der Waals surface area contributed by atoms with Gasteiger partial charge in [-0.05, 0) is 35.4 Å². The fraction of sp³-hybridized carbons (Fsp3) is 0.500. The van der Waals surface area contributed by atoms with Gasteiger partial charge < -0.3 is 5.32 Å². The maximum atomic E-state index is 5.54. The summed E-state index contributed by atoms with van der Waals surface area (Å²) in [5, 5.41) is 3.12. The highest BCUT2D eigenvalue weighted by Gasteiger charge is 1.93. The van der Waals surface area contributed by atoms with Gasteiger partial charge in [0, 0.05) is 28.4 Å². The van der Waals surface area contributed by atoms with Crippen LogP contribution in [0.15, 0.2) is 12.4 Å². The summed E-state index contributed by atoms with van der Waals surface area (Å²) >= 11 is 7.72. The Hall–Kier alpha value is -0.100.